The molecule has 0 radical (unpaired) electrons. The van der Waals surface area contributed by atoms with E-state index >= 15 is 0 Å². The van der Waals surface area contributed by atoms with Crippen LogP contribution in [0.1, 0.15) is 45.6 Å². The van der Waals surface area contributed by atoms with Gasteiger partial charge in [0, 0.05) is 12.1 Å². The van der Waals surface area contributed by atoms with E-state index in [1.807, 2.05) is 12.1 Å². The van der Waals surface area contributed by atoms with E-state index in [1.165, 1.54) is 18.4 Å². The van der Waals surface area contributed by atoms with Crippen LogP contribution >= 0.6 is 0 Å². The molecule has 0 aliphatic rings. The second-order valence-electron chi connectivity index (χ2n) is 5.53. The van der Waals surface area contributed by atoms with Gasteiger partial charge in [-0.05, 0) is 24.9 Å². The van der Waals surface area contributed by atoms with Gasteiger partial charge < -0.3 is 14.8 Å². The summed E-state index contributed by atoms with van der Waals surface area (Å²) in [5.74, 6) is 2.36. The van der Waals surface area contributed by atoms with Gasteiger partial charge in [-0.25, -0.2) is 0 Å². The van der Waals surface area contributed by atoms with Gasteiger partial charge in [0.05, 0.1) is 13.7 Å². The number of rotatable bonds is 10. The lowest BCUT2D eigenvalue weighted by atomic mass is 10.1. The Morgan fingerprint density at radius 1 is 1.20 bits per heavy atom. The Morgan fingerprint density at radius 3 is 2.65 bits per heavy atom. The first-order valence-corrected chi connectivity index (χ1v) is 7.68. The van der Waals surface area contributed by atoms with Crippen LogP contribution in [0, 0.1) is 5.92 Å². The molecule has 0 aromatic heterocycles. The molecule has 0 aliphatic carbocycles. The minimum Gasteiger partial charge on any atom is -0.493 e. The van der Waals surface area contributed by atoms with Gasteiger partial charge in [-0.2, -0.15) is 0 Å². The summed E-state index contributed by atoms with van der Waals surface area (Å²) in [7, 11) is 1.69. The van der Waals surface area contributed by atoms with E-state index in [0.29, 0.717) is 5.92 Å². The van der Waals surface area contributed by atoms with E-state index in [1.54, 1.807) is 7.11 Å². The molecule has 0 bridgehead atoms. The lowest BCUT2D eigenvalue weighted by Crippen LogP contribution is -2.19. The van der Waals surface area contributed by atoms with E-state index in [-0.39, 0.29) is 0 Å². The number of hydrogen-bond donors (Lipinski definition) is 1. The standard InChI is InChI=1S/C17H29NO2/c1-5-6-7-11-20-17-15(13-18-12-14(2)3)9-8-10-16(17)19-4/h8-10,14,18H,5-7,11-13H2,1-4H3. The summed E-state index contributed by atoms with van der Waals surface area (Å²) in [5.41, 5.74) is 1.17. The van der Waals surface area contributed by atoms with E-state index in [0.717, 1.165) is 37.6 Å². The Hall–Kier alpha value is -1.22. The van der Waals surface area contributed by atoms with Crippen molar-refractivity contribution in [3.05, 3.63) is 23.8 Å². The molecule has 0 aliphatic heterocycles. The number of para-hydroxylation sites is 1. The molecule has 20 heavy (non-hydrogen) atoms. The first-order valence-electron chi connectivity index (χ1n) is 7.68. The fourth-order valence-corrected chi connectivity index (χ4v) is 2.05. The predicted molar refractivity (Wildman–Crippen MR) is 84.6 cm³/mol. The molecule has 1 rings (SSSR count). The third-order valence-electron chi connectivity index (χ3n) is 3.14. The highest BCUT2D eigenvalue weighted by Gasteiger charge is 2.10. The van der Waals surface area contributed by atoms with Crippen LogP contribution in [-0.4, -0.2) is 20.3 Å². The van der Waals surface area contributed by atoms with Gasteiger partial charge in [0.15, 0.2) is 11.5 Å². The molecule has 0 atom stereocenters. The maximum atomic E-state index is 5.95. The molecule has 0 saturated heterocycles. The van der Waals surface area contributed by atoms with Crippen molar-refractivity contribution >= 4 is 0 Å². The molecule has 3 heteroatoms. The zero-order valence-corrected chi connectivity index (χ0v) is 13.4. The summed E-state index contributed by atoms with van der Waals surface area (Å²) in [6.45, 7) is 9.20. The van der Waals surface area contributed by atoms with E-state index in [2.05, 4.69) is 32.2 Å². The molecule has 3 nitrogen and oxygen atoms in total. The zero-order chi connectivity index (χ0) is 14.8. The van der Waals surface area contributed by atoms with Crippen LogP contribution < -0.4 is 14.8 Å². The highest BCUT2D eigenvalue weighted by molar-refractivity contribution is 5.46. The summed E-state index contributed by atoms with van der Waals surface area (Å²) in [6.07, 6.45) is 3.50. The Balaban J connectivity index is 2.65. The van der Waals surface area contributed by atoms with Gasteiger partial charge in [0.25, 0.3) is 0 Å². The molecule has 0 fully saturated rings. The number of nitrogens with one attached hydrogen (secondary N) is 1. The maximum absolute atomic E-state index is 5.95. The zero-order valence-electron chi connectivity index (χ0n) is 13.4. The lowest BCUT2D eigenvalue weighted by molar-refractivity contribution is 0.282. The summed E-state index contributed by atoms with van der Waals surface area (Å²) >= 11 is 0. The van der Waals surface area contributed by atoms with Crippen LogP contribution in [0.4, 0.5) is 0 Å². The molecule has 0 amide bonds. The Labute approximate surface area is 123 Å². The molecule has 1 aromatic carbocycles. The minimum absolute atomic E-state index is 0.648. The van der Waals surface area contributed by atoms with Crippen LogP contribution in [0.15, 0.2) is 18.2 Å². The van der Waals surface area contributed by atoms with E-state index in [9.17, 15) is 0 Å². The summed E-state index contributed by atoms with van der Waals surface area (Å²) in [6, 6.07) is 6.08. The van der Waals surface area contributed by atoms with Crippen LogP contribution in [0.25, 0.3) is 0 Å². The molecule has 1 N–H and O–H groups in total. The molecular weight excluding hydrogens is 250 g/mol. The highest BCUT2D eigenvalue weighted by Crippen LogP contribution is 2.31. The Bertz CT molecular complexity index is 377. The molecule has 0 unspecified atom stereocenters. The average Bonchev–Trinajstić information content (AvgIpc) is 2.44. The molecule has 0 spiro atoms. The normalized spacial score (nSPS) is 10.8. The second-order valence-corrected chi connectivity index (χ2v) is 5.53. The van der Waals surface area contributed by atoms with Gasteiger partial charge in [-0.3, -0.25) is 0 Å². The Kier molecular flexibility index (Phi) is 8.12. The molecule has 0 saturated carbocycles. The summed E-state index contributed by atoms with van der Waals surface area (Å²) in [4.78, 5) is 0. The number of hydrogen-bond acceptors (Lipinski definition) is 3. The lowest BCUT2D eigenvalue weighted by Gasteiger charge is -2.16. The van der Waals surface area contributed by atoms with Crippen molar-refractivity contribution in [3.63, 3.8) is 0 Å². The van der Waals surface area contributed by atoms with Gasteiger partial charge in [-0.1, -0.05) is 45.7 Å². The van der Waals surface area contributed by atoms with E-state index < -0.39 is 0 Å². The maximum Gasteiger partial charge on any atom is 0.165 e. The van der Waals surface area contributed by atoms with Crippen LogP contribution in [0.2, 0.25) is 0 Å². The van der Waals surface area contributed by atoms with Crippen molar-refractivity contribution in [1.82, 2.24) is 5.32 Å². The van der Waals surface area contributed by atoms with Gasteiger partial charge in [0.1, 0.15) is 0 Å². The topological polar surface area (TPSA) is 30.5 Å². The number of benzene rings is 1. The van der Waals surface area contributed by atoms with Gasteiger partial charge in [0.2, 0.25) is 0 Å². The molecular formula is C17H29NO2. The summed E-state index contributed by atoms with van der Waals surface area (Å²) < 4.78 is 11.4. The number of ether oxygens (including phenoxy) is 2. The van der Waals surface area contributed by atoms with Crippen molar-refractivity contribution in [2.45, 2.75) is 46.6 Å². The van der Waals surface area contributed by atoms with Crippen molar-refractivity contribution < 1.29 is 9.47 Å². The highest BCUT2D eigenvalue weighted by atomic mass is 16.5. The van der Waals surface area contributed by atoms with Crippen LogP contribution in [0.3, 0.4) is 0 Å². The first-order chi connectivity index (χ1) is 9.69. The van der Waals surface area contributed by atoms with Crippen molar-refractivity contribution in [2.75, 3.05) is 20.3 Å². The van der Waals surface area contributed by atoms with Crippen LogP contribution in [-0.2, 0) is 6.54 Å². The van der Waals surface area contributed by atoms with E-state index in [4.69, 9.17) is 9.47 Å². The minimum atomic E-state index is 0.648. The smallest absolute Gasteiger partial charge is 0.165 e. The van der Waals surface area contributed by atoms with Crippen molar-refractivity contribution in [3.8, 4) is 11.5 Å². The third kappa shape index (κ3) is 5.83. The Morgan fingerprint density at radius 2 is 2.00 bits per heavy atom. The van der Waals surface area contributed by atoms with Gasteiger partial charge in [-0.15, -0.1) is 0 Å². The number of methoxy groups -OCH3 is 1. The van der Waals surface area contributed by atoms with Gasteiger partial charge >= 0.3 is 0 Å². The first kappa shape index (κ1) is 16.8. The third-order valence-corrected chi connectivity index (χ3v) is 3.14. The summed E-state index contributed by atoms with van der Waals surface area (Å²) in [5, 5.41) is 3.46. The molecule has 114 valence electrons. The SMILES string of the molecule is CCCCCOc1c(CNCC(C)C)cccc1OC. The predicted octanol–water partition coefficient (Wildman–Crippen LogP) is 4.01. The van der Waals surface area contributed by atoms with Crippen molar-refractivity contribution in [1.29, 1.82) is 0 Å². The average molecular weight is 279 g/mol. The van der Waals surface area contributed by atoms with Crippen LogP contribution in [0.5, 0.6) is 11.5 Å². The van der Waals surface area contributed by atoms with Crippen molar-refractivity contribution in [2.24, 2.45) is 5.92 Å². The molecule has 0 heterocycles. The fraction of sp³-hybridized carbons (Fsp3) is 0.647. The number of unbranched alkanes of at least 4 members (excludes halogenated alkanes) is 2. The molecule has 1 aromatic rings. The quantitative estimate of drug-likeness (QED) is 0.656. The monoisotopic (exact) mass is 279 g/mol. The fourth-order valence-electron chi connectivity index (χ4n) is 2.05. The largest absolute Gasteiger partial charge is 0.493 e. The second kappa shape index (κ2) is 9.65.